The third-order valence-corrected chi connectivity index (χ3v) is 7.13. The largest absolute Gasteiger partial charge is 0.492 e. The van der Waals surface area contributed by atoms with Gasteiger partial charge in [-0.1, -0.05) is 12.1 Å². The van der Waals surface area contributed by atoms with E-state index in [9.17, 15) is 22.9 Å². The topological polar surface area (TPSA) is 93.9 Å². The van der Waals surface area contributed by atoms with Gasteiger partial charge in [-0.3, -0.25) is 9.69 Å². The van der Waals surface area contributed by atoms with E-state index in [0.717, 1.165) is 0 Å². The van der Waals surface area contributed by atoms with Crippen LogP contribution < -0.4 is 4.74 Å². The highest BCUT2D eigenvalue weighted by atomic mass is 32.2. The number of piperazine rings is 1. The van der Waals surface area contributed by atoms with E-state index in [1.807, 2.05) is 11.0 Å². The summed E-state index contributed by atoms with van der Waals surface area (Å²) >= 11 is 0. The van der Waals surface area contributed by atoms with Gasteiger partial charge in [0.15, 0.2) is 0 Å². The first-order chi connectivity index (χ1) is 15.3. The van der Waals surface area contributed by atoms with Crippen LogP contribution in [-0.4, -0.2) is 81.4 Å². The number of carbonyl (C=O) groups is 1. The van der Waals surface area contributed by atoms with Crippen molar-refractivity contribution in [2.24, 2.45) is 0 Å². The van der Waals surface area contributed by atoms with Crippen LogP contribution in [0.4, 0.5) is 4.39 Å². The lowest BCUT2D eigenvalue weighted by Gasteiger charge is -2.34. The Balaban J connectivity index is 1.46. The predicted molar refractivity (Wildman–Crippen MR) is 116 cm³/mol. The normalized spacial score (nSPS) is 14.9. The molecule has 1 amide bonds. The van der Waals surface area contributed by atoms with Crippen molar-refractivity contribution < 1.29 is 22.3 Å². The highest BCUT2D eigenvalue weighted by Crippen LogP contribution is 2.21. The summed E-state index contributed by atoms with van der Waals surface area (Å²) < 4.78 is 45.6. The summed E-state index contributed by atoms with van der Waals surface area (Å²) in [6.45, 7) is 1.94. The maximum absolute atomic E-state index is 12.9. The fourth-order valence-electron chi connectivity index (χ4n) is 3.36. The van der Waals surface area contributed by atoms with Crippen molar-refractivity contribution >= 4 is 15.9 Å². The lowest BCUT2D eigenvalue weighted by atomic mass is 10.2. The van der Waals surface area contributed by atoms with Gasteiger partial charge in [-0.2, -0.15) is 9.57 Å². The molecule has 0 saturated carbocycles. The molecule has 1 aliphatic heterocycles. The minimum atomic E-state index is -3.80. The molecule has 0 aliphatic carbocycles. The molecule has 0 aromatic heterocycles. The molecule has 0 atom stereocenters. The van der Waals surface area contributed by atoms with Gasteiger partial charge in [0.2, 0.25) is 15.9 Å². The van der Waals surface area contributed by atoms with Crippen LogP contribution in [0.5, 0.6) is 5.75 Å². The van der Waals surface area contributed by atoms with Crippen molar-refractivity contribution in [3.63, 3.8) is 0 Å². The minimum absolute atomic E-state index is 0.0110. The van der Waals surface area contributed by atoms with Gasteiger partial charge in [0, 0.05) is 32.7 Å². The Hall–Kier alpha value is -3.00. The molecule has 1 fully saturated rings. The predicted octanol–water partition coefficient (Wildman–Crippen LogP) is 1.54. The number of sulfonamides is 1. The van der Waals surface area contributed by atoms with Crippen LogP contribution in [0.3, 0.4) is 0 Å². The smallest absolute Gasteiger partial charge is 0.244 e. The van der Waals surface area contributed by atoms with Crippen molar-refractivity contribution in [2.75, 3.05) is 52.9 Å². The summed E-state index contributed by atoms with van der Waals surface area (Å²) in [5, 5.41) is 9.20. The van der Waals surface area contributed by atoms with Crippen molar-refractivity contribution in [1.29, 1.82) is 5.26 Å². The molecule has 0 N–H and O–H groups in total. The third-order valence-electron chi connectivity index (χ3n) is 5.18. The van der Waals surface area contributed by atoms with Crippen molar-refractivity contribution in [1.82, 2.24) is 14.1 Å². The zero-order chi connectivity index (χ0) is 23.1. The number of hydrogen-bond acceptors (Lipinski definition) is 6. The molecule has 3 rings (SSSR count). The number of carbonyl (C=O) groups excluding carboxylic acids is 1. The molecular formula is C22H25FN4O4S. The second-order valence-corrected chi connectivity index (χ2v) is 9.34. The van der Waals surface area contributed by atoms with Crippen molar-refractivity contribution in [2.45, 2.75) is 4.90 Å². The van der Waals surface area contributed by atoms with Crippen LogP contribution in [0.1, 0.15) is 5.56 Å². The Bertz CT molecular complexity index is 1080. The van der Waals surface area contributed by atoms with Gasteiger partial charge >= 0.3 is 0 Å². The fourth-order valence-corrected chi connectivity index (χ4v) is 4.93. The van der Waals surface area contributed by atoms with Crippen molar-refractivity contribution in [3.05, 3.63) is 59.9 Å². The number of nitrogens with zero attached hydrogens (tertiary/aromatic N) is 4. The van der Waals surface area contributed by atoms with Crippen LogP contribution in [0.15, 0.2) is 53.4 Å². The molecule has 0 unspecified atom stereocenters. The van der Waals surface area contributed by atoms with Crippen LogP contribution in [0, 0.1) is 17.1 Å². The molecule has 2 aromatic rings. The Labute approximate surface area is 187 Å². The Morgan fingerprint density at radius 2 is 1.78 bits per heavy atom. The first-order valence-electron chi connectivity index (χ1n) is 10.2. The summed E-state index contributed by atoms with van der Waals surface area (Å²) in [4.78, 5) is 16.0. The quantitative estimate of drug-likeness (QED) is 0.593. The van der Waals surface area contributed by atoms with E-state index in [1.165, 1.54) is 28.6 Å². The second kappa shape index (κ2) is 10.5. The van der Waals surface area contributed by atoms with Crippen LogP contribution >= 0.6 is 0 Å². The monoisotopic (exact) mass is 460 g/mol. The third kappa shape index (κ3) is 5.82. The SMILES string of the molecule is CN(CCOc1ccc(F)cc1)CC(=O)N1CCN(S(=O)(=O)c2ccccc2C#N)CC1. The van der Waals surface area contributed by atoms with Crippen LogP contribution in [0.25, 0.3) is 0 Å². The maximum Gasteiger partial charge on any atom is 0.244 e. The molecule has 170 valence electrons. The zero-order valence-electron chi connectivity index (χ0n) is 17.8. The molecule has 0 spiro atoms. The number of likely N-dealkylation sites (N-methyl/N-ethyl adjacent to an activating group) is 1. The first-order valence-corrected chi connectivity index (χ1v) is 11.6. The molecular weight excluding hydrogens is 435 g/mol. The Morgan fingerprint density at radius 3 is 2.44 bits per heavy atom. The number of rotatable bonds is 8. The number of benzene rings is 2. The molecule has 1 heterocycles. The molecule has 10 heteroatoms. The van der Waals surface area contributed by atoms with E-state index in [2.05, 4.69) is 0 Å². The van der Waals surface area contributed by atoms with Gasteiger partial charge in [0.25, 0.3) is 0 Å². The van der Waals surface area contributed by atoms with E-state index >= 15 is 0 Å². The minimum Gasteiger partial charge on any atom is -0.492 e. The number of halogens is 1. The number of ether oxygens (including phenoxy) is 1. The lowest BCUT2D eigenvalue weighted by Crippen LogP contribution is -2.52. The van der Waals surface area contributed by atoms with E-state index in [-0.39, 0.29) is 54.9 Å². The summed E-state index contributed by atoms with van der Waals surface area (Å²) in [5.41, 5.74) is 0.107. The molecule has 0 radical (unpaired) electrons. The number of nitriles is 1. The van der Waals surface area contributed by atoms with E-state index in [4.69, 9.17) is 4.74 Å². The Morgan fingerprint density at radius 1 is 1.12 bits per heavy atom. The highest BCUT2D eigenvalue weighted by Gasteiger charge is 2.31. The second-order valence-electron chi connectivity index (χ2n) is 7.43. The highest BCUT2D eigenvalue weighted by molar-refractivity contribution is 7.89. The zero-order valence-corrected chi connectivity index (χ0v) is 18.6. The van der Waals surface area contributed by atoms with Crippen LogP contribution in [0.2, 0.25) is 0 Å². The van der Waals surface area contributed by atoms with Gasteiger partial charge < -0.3 is 9.64 Å². The molecule has 2 aromatic carbocycles. The first kappa shape index (κ1) is 23.7. The average Bonchev–Trinajstić information content (AvgIpc) is 2.80. The van der Waals surface area contributed by atoms with Gasteiger partial charge in [0.1, 0.15) is 24.2 Å². The summed E-state index contributed by atoms with van der Waals surface area (Å²) in [5.74, 6) is 0.132. The lowest BCUT2D eigenvalue weighted by molar-refractivity contribution is -0.133. The van der Waals surface area contributed by atoms with Gasteiger partial charge in [-0.15, -0.1) is 0 Å². The fraction of sp³-hybridized carbons (Fsp3) is 0.364. The van der Waals surface area contributed by atoms with Crippen LogP contribution in [-0.2, 0) is 14.8 Å². The standard InChI is InChI=1S/C22H25FN4O4S/c1-25(14-15-31-20-8-6-19(23)7-9-20)17-22(28)26-10-12-27(13-11-26)32(29,30)21-5-3-2-4-18(21)16-24/h2-9H,10-15,17H2,1H3. The van der Waals surface area contributed by atoms with Gasteiger partial charge in [0.05, 0.1) is 17.0 Å². The van der Waals surface area contributed by atoms with E-state index in [0.29, 0.717) is 18.9 Å². The molecule has 0 bridgehead atoms. The maximum atomic E-state index is 12.9. The van der Waals surface area contributed by atoms with Gasteiger partial charge in [-0.05, 0) is 43.4 Å². The summed E-state index contributed by atoms with van der Waals surface area (Å²) in [7, 11) is -2.00. The molecule has 1 aliphatic rings. The van der Waals surface area contributed by atoms with Gasteiger partial charge in [-0.25, -0.2) is 12.8 Å². The number of amides is 1. The average molecular weight is 461 g/mol. The number of hydrogen-bond donors (Lipinski definition) is 0. The molecule has 1 saturated heterocycles. The Kier molecular flexibility index (Phi) is 7.80. The summed E-state index contributed by atoms with van der Waals surface area (Å²) in [6, 6.07) is 13.8. The van der Waals surface area contributed by atoms with Crippen molar-refractivity contribution in [3.8, 4) is 11.8 Å². The van der Waals surface area contributed by atoms with E-state index < -0.39 is 10.0 Å². The molecule has 32 heavy (non-hydrogen) atoms. The van der Waals surface area contributed by atoms with E-state index in [1.54, 1.807) is 36.2 Å². The molecule has 8 nitrogen and oxygen atoms in total. The summed E-state index contributed by atoms with van der Waals surface area (Å²) in [6.07, 6.45) is 0.